The highest BCUT2D eigenvalue weighted by molar-refractivity contribution is 6.04. The van der Waals surface area contributed by atoms with Crippen LogP contribution in [-0.4, -0.2) is 31.3 Å². The Kier molecular flexibility index (Phi) is 4.09. The highest BCUT2D eigenvalue weighted by atomic mass is 16.2. The average Bonchev–Trinajstić information content (AvgIpc) is 2.99. The van der Waals surface area contributed by atoms with E-state index in [1.807, 2.05) is 13.0 Å². The quantitative estimate of drug-likeness (QED) is 0.792. The summed E-state index contributed by atoms with van der Waals surface area (Å²) in [5.74, 6) is -0.747. The minimum Gasteiger partial charge on any atom is -0.312 e. The fraction of sp³-hybridized carbons (Fsp3) is 0.188. The molecule has 0 bridgehead atoms. The number of nitrogens with one attached hydrogen (secondary N) is 1. The van der Waals surface area contributed by atoms with Gasteiger partial charge in [0.1, 0.15) is 11.8 Å². The highest BCUT2D eigenvalue weighted by Crippen LogP contribution is 2.17. The minimum absolute atomic E-state index is 0.147. The molecule has 2 aromatic heterocycles. The van der Waals surface area contributed by atoms with Crippen LogP contribution in [0.3, 0.4) is 0 Å². The number of amides is 2. The van der Waals surface area contributed by atoms with Crippen LogP contribution >= 0.6 is 0 Å². The topological polar surface area (TPSA) is 89.8 Å². The molecule has 1 atom stereocenters. The molecule has 0 aliphatic heterocycles. The molecular formula is C16H15N5O2. The van der Waals surface area contributed by atoms with Gasteiger partial charge in [0, 0.05) is 18.0 Å². The molecule has 0 saturated heterocycles. The van der Waals surface area contributed by atoms with Crippen LogP contribution in [0.25, 0.3) is 11.2 Å². The molecular weight excluding hydrogens is 294 g/mol. The Morgan fingerprint density at radius 2 is 2.00 bits per heavy atom. The molecule has 3 aromatic rings. The largest absolute Gasteiger partial charge is 0.312 e. The van der Waals surface area contributed by atoms with Crippen molar-refractivity contribution in [3.05, 3.63) is 54.7 Å². The maximum absolute atomic E-state index is 12.1. The molecule has 0 fully saturated rings. The average molecular weight is 309 g/mol. The van der Waals surface area contributed by atoms with E-state index in [9.17, 15) is 9.59 Å². The summed E-state index contributed by atoms with van der Waals surface area (Å²) in [6.07, 6.45) is 4.82. The van der Waals surface area contributed by atoms with Crippen LogP contribution in [0, 0.1) is 0 Å². The van der Waals surface area contributed by atoms with Gasteiger partial charge in [-0.15, -0.1) is 0 Å². The molecule has 2 heterocycles. The van der Waals surface area contributed by atoms with E-state index in [0.717, 1.165) is 0 Å². The molecule has 0 unspecified atom stereocenters. The monoisotopic (exact) mass is 309 g/mol. The van der Waals surface area contributed by atoms with Gasteiger partial charge in [-0.3, -0.25) is 14.9 Å². The number of hydrogen-bond donors (Lipinski definition) is 1. The van der Waals surface area contributed by atoms with E-state index < -0.39 is 5.91 Å². The first-order valence-corrected chi connectivity index (χ1v) is 7.17. The molecule has 0 aliphatic carbocycles. The summed E-state index contributed by atoms with van der Waals surface area (Å²) in [4.78, 5) is 36.3. The van der Waals surface area contributed by atoms with Gasteiger partial charge in [-0.25, -0.2) is 15.0 Å². The molecule has 0 spiro atoms. The Morgan fingerprint density at radius 1 is 1.22 bits per heavy atom. The third-order valence-electron chi connectivity index (χ3n) is 3.48. The normalized spacial score (nSPS) is 12.0. The fourth-order valence-electron chi connectivity index (χ4n) is 2.31. The third-order valence-corrected chi connectivity index (χ3v) is 3.48. The number of hydrogen-bond acceptors (Lipinski definition) is 5. The predicted octanol–water partition coefficient (Wildman–Crippen LogP) is 1.73. The molecule has 116 valence electrons. The number of imide groups is 1. The summed E-state index contributed by atoms with van der Waals surface area (Å²) < 4.78 is 1.80. The van der Waals surface area contributed by atoms with Crippen LogP contribution in [0.2, 0.25) is 0 Å². The third kappa shape index (κ3) is 3.23. The Balaban J connectivity index is 1.67. The molecule has 3 rings (SSSR count). The number of imidazole rings is 1. The Labute approximate surface area is 132 Å². The second-order valence-corrected chi connectivity index (χ2v) is 5.18. The number of fused-ring (bicyclic) bond motifs is 1. The van der Waals surface area contributed by atoms with Crippen molar-refractivity contribution in [2.45, 2.75) is 19.4 Å². The molecule has 0 radical (unpaired) electrons. The molecule has 1 aromatic carbocycles. The maximum Gasteiger partial charge on any atom is 0.257 e. The number of rotatable bonds is 4. The lowest BCUT2D eigenvalue weighted by Crippen LogP contribution is -2.31. The van der Waals surface area contributed by atoms with Gasteiger partial charge in [0.2, 0.25) is 5.91 Å². The van der Waals surface area contributed by atoms with Gasteiger partial charge in [0.15, 0.2) is 5.65 Å². The zero-order valence-electron chi connectivity index (χ0n) is 12.5. The number of carbonyl (C=O) groups excluding carboxylic acids is 2. The molecule has 23 heavy (non-hydrogen) atoms. The second kappa shape index (κ2) is 6.35. The predicted molar refractivity (Wildman–Crippen MR) is 83.6 cm³/mol. The van der Waals surface area contributed by atoms with Crippen LogP contribution in [-0.2, 0) is 4.79 Å². The Bertz CT molecular complexity index is 844. The lowest BCUT2D eigenvalue weighted by Gasteiger charge is -2.13. The van der Waals surface area contributed by atoms with Crippen LogP contribution < -0.4 is 5.32 Å². The SMILES string of the molecule is C[C@@H](CC(=O)NC(=O)c1ccccc1)n1cnc2cncnc21. The number of nitrogens with zero attached hydrogens (tertiary/aromatic N) is 4. The van der Waals surface area contributed by atoms with Gasteiger partial charge < -0.3 is 4.57 Å². The number of benzene rings is 1. The van der Waals surface area contributed by atoms with E-state index in [2.05, 4.69) is 20.3 Å². The van der Waals surface area contributed by atoms with Crippen LogP contribution in [0.1, 0.15) is 29.7 Å². The van der Waals surface area contributed by atoms with E-state index in [4.69, 9.17) is 0 Å². The van der Waals surface area contributed by atoms with E-state index in [1.165, 1.54) is 6.33 Å². The van der Waals surface area contributed by atoms with Crippen molar-refractivity contribution in [1.29, 1.82) is 0 Å². The van der Waals surface area contributed by atoms with Crippen molar-refractivity contribution in [2.24, 2.45) is 0 Å². The smallest absolute Gasteiger partial charge is 0.257 e. The standard InChI is InChI=1S/C16H15N5O2/c1-11(21-10-19-13-8-17-9-18-15(13)21)7-14(22)20-16(23)12-5-3-2-4-6-12/h2-6,8-11H,7H2,1H3,(H,20,22,23)/t11-/m0/s1. The summed E-state index contributed by atoms with van der Waals surface area (Å²) in [6.45, 7) is 1.87. The van der Waals surface area contributed by atoms with E-state index >= 15 is 0 Å². The first-order valence-electron chi connectivity index (χ1n) is 7.17. The molecule has 7 heteroatoms. The van der Waals surface area contributed by atoms with Gasteiger partial charge in [-0.05, 0) is 19.1 Å². The molecule has 7 nitrogen and oxygen atoms in total. The second-order valence-electron chi connectivity index (χ2n) is 5.18. The Hall–Kier alpha value is -3.09. The fourth-order valence-corrected chi connectivity index (χ4v) is 2.31. The van der Waals surface area contributed by atoms with Crippen LogP contribution in [0.4, 0.5) is 0 Å². The Morgan fingerprint density at radius 3 is 2.78 bits per heavy atom. The number of carbonyl (C=O) groups is 2. The minimum atomic E-state index is -0.402. The van der Waals surface area contributed by atoms with E-state index in [0.29, 0.717) is 16.7 Å². The van der Waals surface area contributed by atoms with Crippen LogP contribution in [0.15, 0.2) is 49.2 Å². The zero-order chi connectivity index (χ0) is 16.2. The van der Waals surface area contributed by atoms with Crippen molar-refractivity contribution in [3.8, 4) is 0 Å². The number of aromatic nitrogens is 4. The summed E-state index contributed by atoms with van der Waals surface area (Å²) in [5, 5.41) is 2.39. The summed E-state index contributed by atoms with van der Waals surface area (Å²) in [7, 11) is 0. The van der Waals surface area contributed by atoms with Gasteiger partial charge in [-0.1, -0.05) is 18.2 Å². The lowest BCUT2D eigenvalue weighted by atomic mass is 10.2. The molecule has 1 N–H and O–H groups in total. The molecule has 0 aliphatic rings. The van der Waals surface area contributed by atoms with Gasteiger partial charge in [-0.2, -0.15) is 0 Å². The highest BCUT2D eigenvalue weighted by Gasteiger charge is 2.16. The van der Waals surface area contributed by atoms with Crippen molar-refractivity contribution in [3.63, 3.8) is 0 Å². The molecule has 0 saturated carbocycles. The van der Waals surface area contributed by atoms with Crippen molar-refractivity contribution in [1.82, 2.24) is 24.8 Å². The van der Waals surface area contributed by atoms with Crippen molar-refractivity contribution < 1.29 is 9.59 Å². The molecule has 2 amide bonds. The summed E-state index contributed by atoms with van der Waals surface area (Å²) >= 11 is 0. The van der Waals surface area contributed by atoms with Gasteiger partial charge in [0.05, 0.1) is 12.5 Å². The summed E-state index contributed by atoms with van der Waals surface area (Å²) in [6, 6.07) is 8.45. The first-order chi connectivity index (χ1) is 11.1. The lowest BCUT2D eigenvalue weighted by molar-refractivity contribution is -0.120. The van der Waals surface area contributed by atoms with Crippen LogP contribution in [0.5, 0.6) is 0 Å². The van der Waals surface area contributed by atoms with Gasteiger partial charge >= 0.3 is 0 Å². The first kappa shape index (κ1) is 14.8. The summed E-state index contributed by atoms with van der Waals surface area (Å²) in [5.41, 5.74) is 1.78. The van der Waals surface area contributed by atoms with E-state index in [-0.39, 0.29) is 18.4 Å². The van der Waals surface area contributed by atoms with Gasteiger partial charge in [0.25, 0.3) is 5.91 Å². The zero-order valence-corrected chi connectivity index (χ0v) is 12.5. The van der Waals surface area contributed by atoms with Crippen molar-refractivity contribution in [2.75, 3.05) is 0 Å². The van der Waals surface area contributed by atoms with E-state index in [1.54, 1.807) is 41.4 Å². The van der Waals surface area contributed by atoms with Crippen molar-refractivity contribution >= 4 is 23.0 Å². The maximum atomic E-state index is 12.1.